The Morgan fingerprint density at radius 2 is 1.58 bits per heavy atom. The molecule has 0 bridgehead atoms. The SMILES string of the molecule is CC(C)(O)O.OCCCCC(O)c1ccc(Br)cc1. The Kier molecular flexibility index (Phi) is 9.22. The molecular formula is C14H23BrO4. The van der Waals surface area contributed by atoms with Crippen LogP contribution in [0.3, 0.4) is 0 Å². The molecule has 0 aliphatic carbocycles. The highest BCUT2D eigenvalue weighted by molar-refractivity contribution is 9.10. The van der Waals surface area contributed by atoms with E-state index in [2.05, 4.69) is 15.9 Å². The predicted octanol–water partition coefficient (Wildman–Crippen LogP) is 2.35. The maximum absolute atomic E-state index is 9.74. The molecule has 1 aromatic carbocycles. The van der Waals surface area contributed by atoms with Crippen molar-refractivity contribution >= 4 is 15.9 Å². The summed E-state index contributed by atoms with van der Waals surface area (Å²) in [5.74, 6) is -1.50. The molecule has 0 heterocycles. The molecule has 1 aromatic rings. The Balaban J connectivity index is 0.000000555. The molecule has 0 aliphatic rings. The van der Waals surface area contributed by atoms with Crippen molar-refractivity contribution in [3.63, 3.8) is 0 Å². The highest BCUT2D eigenvalue weighted by Gasteiger charge is 2.06. The Hall–Kier alpha value is -0.460. The average Bonchev–Trinajstić information content (AvgIpc) is 2.28. The number of unbranched alkanes of at least 4 members (excludes halogenated alkanes) is 1. The van der Waals surface area contributed by atoms with Gasteiger partial charge in [0.05, 0.1) is 6.10 Å². The third kappa shape index (κ3) is 12.3. The number of hydrogen-bond donors (Lipinski definition) is 4. The lowest BCUT2D eigenvalue weighted by atomic mass is 10.0. The summed E-state index contributed by atoms with van der Waals surface area (Å²) in [6.07, 6.45) is 1.92. The highest BCUT2D eigenvalue weighted by atomic mass is 79.9. The Bertz CT molecular complexity index is 326. The van der Waals surface area contributed by atoms with Crippen molar-refractivity contribution in [2.24, 2.45) is 0 Å². The standard InChI is InChI=1S/C11H15BrO2.C3H8O2/c12-10-6-4-9(5-7-10)11(14)3-1-2-8-13;1-3(2,4)5/h4-7,11,13-14H,1-3,8H2;4-5H,1-2H3. The van der Waals surface area contributed by atoms with Crippen molar-refractivity contribution in [3.8, 4) is 0 Å². The molecule has 0 saturated heterocycles. The van der Waals surface area contributed by atoms with Crippen LogP contribution in [-0.2, 0) is 0 Å². The fourth-order valence-corrected chi connectivity index (χ4v) is 1.57. The second-order valence-electron chi connectivity index (χ2n) is 4.78. The molecule has 0 fully saturated rings. The first kappa shape index (κ1) is 18.5. The van der Waals surface area contributed by atoms with Crippen molar-refractivity contribution in [1.82, 2.24) is 0 Å². The molecule has 1 rings (SSSR count). The number of rotatable bonds is 5. The van der Waals surface area contributed by atoms with Gasteiger partial charge in [0.15, 0.2) is 5.79 Å². The van der Waals surface area contributed by atoms with Crippen LogP contribution in [0.4, 0.5) is 0 Å². The lowest BCUT2D eigenvalue weighted by Gasteiger charge is -2.10. The largest absolute Gasteiger partial charge is 0.396 e. The highest BCUT2D eigenvalue weighted by Crippen LogP contribution is 2.20. The number of benzene rings is 1. The van der Waals surface area contributed by atoms with E-state index in [1.54, 1.807) is 0 Å². The van der Waals surface area contributed by atoms with Gasteiger partial charge in [-0.2, -0.15) is 0 Å². The minimum Gasteiger partial charge on any atom is -0.396 e. The maximum Gasteiger partial charge on any atom is 0.156 e. The molecule has 0 amide bonds. The van der Waals surface area contributed by atoms with Crippen LogP contribution in [0.1, 0.15) is 44.8 Å². The molecule has 0 radical (unpaired) electrons. The molecule has 110 valence electrons. The molecule has 4 N–H and O–H groups in total. The Morgan fingerprint density at radius 1 is 1.11 bits per heavy atom. The summed E-state index contributed by atoms with van der Waals surface area (Å²) in [6.45, 7) is 2.80. The molecule has 1 unspecified atom stereocenters. The van der Waals surface area contributed by atoms with Crippen molar-refractivity contribution < 1.29 is 20.4 Å². The lowest BCUT2D eigenvalue weighted by molar-refractivity contribution is -0.127. The minimum atomic E-state index is -1.50. The topological polar surface area (TPSA) is 80.9 Å². The number of aliphatic hydroxyl groups is 4. The van der Waals surface area contributed by atoms with E-state index < -0.39 is 11.9 Å². The number of hydrogen-bond acceptors (Lipinski definition) is 4. The third-order valence-corrected chi connectivity index (χ3v) is 2.67. The first-order valence-electron chi connectivity index (χ1n) is 6.23. The molecule has 0 saturated carbocycles. The Morgan fingerprint density at radius 3 is 2.00 bits per heavy atom. The summed E-state index contributed by atoms with van der Waals surface area (Å²) in [5.41, 5.74) is 0.936. The van der Waals surface area contributed by atoms with E-state index >= 15 is 0 Å². The molecule has 4 nitrogen and oxygen atoms in total. The number of halogens is 1. The fourth-order valence-electron chi connectivity index (χ4n) is 1.30. The summed E-state index contributed by atoms with van der Waals surface area (Å²) in [5, 5.41) is 34.5. The molecular weight excluding hydrogens is 312 g/mol. The van der Waals surface area contributed by atoms with Crippen molar-refractivity contribution in [2.45, 2.75) is 45.0 Å². The monoisotopic (exact) mass is 334 g/mol. The minimum absolute atomic E-state index is 0.201. The normalized spacial score (nSPS) is 12.6. The molecule has 1 atom stereocenters. The van der Waals surface area contributed by atoms with Gasteiger partial charge in [-0.1, -0.05) is 28.1 Å². The van der Waals surface area contributed by atoms with Crippen LogP contribution < -0.4 is 0 Å². The first-order chi connectivity index (χ1) is 8.74. The van der Waals surface area contributed by atoms with E-state index in [9.17, 15) is 5.11 Å². The van der Waals surface area contributed by atoms with Gasteiger partial charge < -0.3 is 20.4 Å². The maximum atomic E-state index is 9.74. The van der Waals surface area contributed by atoms with Crippen LogP contribution in [0.2, 0.25) is 0 Å². The van der Waals surface area contributed by atoms with Crippen molar-refractivity contribution in [1.29, 1.82) is 0 Å². The summed E-state index contributed by atoms with van der Waals surface area (Å²) in [7, 11) is 0. The zero-order valence-corrected chi connectivity index (χ0v) is 13.0. The molecule has 0 aliphatic heterocycles. The molecule has 5 heteroatoms. The van der Waals surface area contributed by atoms with Gasteiger partial charge in [0.25, 0.3) is 0 Å². The third-order valence-electron chi connectivity index (χ3n) is 2.14. The van der Waals surface area contributed by atoms with Crippen molar-refractivity contribution in [3.05, 3.63) is 34.3 Å². The van der Waals surface area contributed by atoms with Gasteiger partial charge >= 0.3 is 0 Å². The predicted molar refractivity (Wildman–Crippen MR) is 78.6 cm³/mol. The van der Waals surface area contributed by atoms with Gasteiger partial charge in [0, 0.05) is 11.1 Å². The zero-order chi connectivity index (χ0) is 14.9. The lowest BCUT2D eigenvalue weighted by Crippen LogP contribution is -2.15. The van der Waals surface area contributed by atoms with Gasteiger partial charge in [-0.3, -0.25) is 0 Å². The number of aliphatic hydroxyl groups excluding tert-OH is 2. The second kappa shape index (κ2) is 9.44. The van der Waals surface area contributed by atoms with Crippen LogP contribution in [-0.4, -0.2) is 32.8 Å². The summed E-state index contributed by atoms with van der Waals surface area (Å²) < 4.78 is 1.02. The quantitative estimate of drug-likeness (QED) is 0.492. The summed E-state index contributed by atoms with van der Waals surface area (Å²) in [4.78, 5) is 0. The van der Waals surface area contributed by atoms with Crippen molar-refractivity contribution in [2.75, 3.05) is 6.61 Å². The Labute approximate surface area is 122 Å². The van der Waals surface area contributed by atoms with E-state index in [4.69, 9.17) is 15.3 Å². The van der Waals surface area contributed by atoms with Crippen LogP contribution in [0.15, 0.2) is 28.7 Å². The van der Waals surface area contributed by atoms with Crippen LogP contribution in [0.5, 0.6) is 0 Å². The average molecular weight is 335 g/mol. The van der Waals surface area contributed by atoms with E-state index in [0.717, 1.165) is 22.9 Å². The molecule has 0 spiro atoms. The van der Waals surface area contributed by atoms with Gasteiger partial charge in [-0.25, -0.2) is 0 Å². The van der Waals surface area contributed by atoms with Crippen LogP contribution >= 0.6 is 15.9 Å². The van der Waals surface area contributed by atoms with Gasteiger partial charge in [-0.05, 0) is 50.8 Å². The van der Waals surface area contributed by atoms with Gasteiger partial charge in [0.2, 0.25) is 0 Å². The van der Waals surface area contributed by atoms with E-state index in [-0.39, 0.29) is 6.61 Å². The van der Waals surface area contributed by atoms with Crippen LogP contribution in [0, 0.1) is 0 Å². The van der Waals surface area contributed by atoms with E-state index in [1.807, 2.05) is 24.3 Å². The van der Waals surface area contributed by atoms with E-state index in [1.165, 1.54) is 13.8 Å². The zero-order valence-electron chi connectivity index (χ0n) is 11.4. The molecule has 19 heavy (non-hydrogen) atoms. The van der Waals surface area contributed by atoms with Gasteiger partial charge in [0.1, 0.15) is 0 Å². The second-order valence-corrected chi connectivity index (χ2v) is 5.70. The first-order valence-corrected chi connectivity index (χ1v) is 7.02. The molecule has 0 aromatic heterocycles. The smallest absolute Gasteiger partial charge is 0.156 e. The van der Waals surface area contributed by atoms with Crippen LogP contribution in [0.25, 0.3) is 0 Å². The summed E-state index contributed by atoms with van der Waals surface area (Å²) in [6, 6.07) is 7.66. The van der Waals surface area contributed by atoms with E-state index in [0.29, 0.717) is 6.42 Å². The fraction of sp³-hybridized carbons (Fsp3) is 0.571. The summed E-state index contributed by atoms with van der Waals surface area (Å²) >= 11 is 3.34. The van der Waals surface area contributed by atoms with Gasteiger partial charge in [-0.15, -0.1) is 0 Å².